The molecule has 0 spiro atoms. The average Bonchev–Trinajstić information content (AvgIpc) is 2.89. The van der Waals surface area contributed by atoms with E-state index >= 15 is 0 Å². The van der Waals surface area contributed by atoms with Crippen molar-refractivity contribution in [3.63, 3.8) is 0 Å². The Kier molecular flexibility index (Phi) is 6.29. The number of halogens is 2. The van der Waals surface area contributed by atoms with Gasteiger partial charge in [-0.25, -0.2) is 18.2 Å². The van der Waals surface area contributed by atoms with Crippen LogP contribution in [0.2, 0.25) is 10.2 Å². The van der Waals surface area contributed by atoms with Crippen molar-refractivity contribution in [3.05, 3.63) is 28.0 Å². The van der Waals surface area contributed by atoms with E-state index in [0.29, 0.717) is 13.0 Å². The number of aromatic nitrogens is 1. The molecule has 7 nitrogen and oxygen atoms in total. The summed E-state index contributed by atoms with van der Waals surface area (Å²) >= 11 is 11.6. The van der Waals surface area contributed by atoms with Crippen LogP contribution in [0.5, 0.6) is 0 Å². The Bertz CT molecular complexity index is 784. The van der Waals surface area contributed by atoms with Crippen LogP contribution in [0.3, 0.4) is 0 Å². The molecule has 2 rings (SSSR count). The summed E-state index contributed by atoms with van der Waals surface area (Å²) in [5.74, 6) is -1.36. The summed E-state index contributed by atoms with van der Waals surface area (Å²) in [4.78, 5) is 30.0. The third kappa shape index (κ3) is 4.83. The minimum atomic E-state index is -3.13. The summed E-state index contributed by atoms with van der Waals surface area (Å²) in [7, 11) is -3.13. The highest BCUT2D eigenvalue weighted by atomic mass is 35.5. The Morgan fingerprint density at radius 2 is 2.08 bits per heavy atom. The predicted molar refractivity (Wildman–Crippen MR) is 93.6 cm³/mol. The first kappa shape index (κ1) is 19.9. The van der Waals surface area contributed by atoms with Gasteiger partial charge in [0.15, 0.2) is 21.6 Å². The highest BCUT2D eigenvalue weighted by Gasteiger charge is 2.36. The van der Waals surface area contributed by atoms with Crippen LogP contribution in [0.15, 0.2) is 12.1 Å². The van der Waals surface area contributed by atoms with Crippen molar-refractivity contribution in [3.8, 4) is 0 Å². The number of sulfone groups is 1. The van der Waals surface area contributed by atoms with Crippen LogP contribution in [0, 0.1) is 0 Å². The van der Waals surface area contributed by atoms with Gasteiger partial charge >= 0.3 is 5.97 Å². The molecule has 0 aromatic carbocycles. The molecule has 0 bridgehead atoms. The predicted octanol–water partition coefficient (Wildman–Crippen LogP) is 1.97. The zero-order valence-corrected chi connectivity index (χ0v) is 16.1. The fourth-order valence-corrected chi connectivity index (χ4v) is 4.74. The van der Waals surface area contributed by atoms with Gasteiger partial charge in [-0.1, -0.05) is 23.2 Å². The minimum absolute atomic E-state index is 0.0532. The summed E-state index contributed by atoms with van der Waals surface area (Å²) in [6.45, 7) is 3.48. The van der Waals surface area contributed by atoms with E-state index in [0.717, 1.165) is 0 Å². The Labute approximate surface area is 156 Å². The molecule has 0 radical (unpaired) electrons. The molecular weight excluding hydrogens is 391 g/mol. The van der Waals surface area contributed by atoms with E-state index in [2.05, 4.69) is 4.98 Å². The van der Waals surface area contributed by atoms with Gasteiger partial charge in [0.2, 0.25) is 0 Å². The number of rotatable bonds is 5. The number of esters is 1. The molecule has 2 heterocycles. The fourth-order valence-electron chi connectivity index (χ4n) is 2.68. The number of pyridine rings is 1. The lowest BCUT2D eigenvalue weighted by atomic mass is 10.2. The molecule has 2 unspecified atom stereocenters. The number of carbonyl (C=O) groups is 2. The van der Waals surface area contributed by atoms with Crippen LogP contribution in [0.1, 0.15) is 30.8 Å². The maximum atomic E-state index is 12.6. The molecule has 25 heavy (non-hydrogen) atoms. The SMILES string of the molecule is CCN(C(=O)C(C)OC(=O)c1nc(Cl)ccc1Cl)C1CCS(=O)(=O)C1. The molecule has 0 N–H and O–H groups in total. The maximum Gasteiger partial charge on any atom is 0.359 e. The topological polar surface area (TPSA) is 93.6 Å². The second-order valence-electron chi connectivity index (χ2n) is 5.69. The normalized spacial score (nSPS) is 20.1. The summed E-state index contributed by atoms with van der Waals surface area (Å²) < 4.78 is 28.4. The zero-order chi connectivity index (χ0) is 18.8. The number of amides is 1. The van der Waals surface area contributed by atoms with Gasteiger partial charge in [-0.05, 0) is 32.4 Å². The lowest BCUT2D eigenvalue weighted by molar-refractivity contribution is -0.141. The number of likely N-dealkylation sites (N-methyl/N-ethyl adjacent to an activating group) is 1. The first-order valence-electron chi connectivity index (χ1n) is 7.68. The molecule has 1 saturated heterocycles. The van der Waals surface area contributed by atoms with Crippen LogP contribution in [-0.2, 0) is 19.4 Å². The Morgan fingerprint density at radius 3 is 2.64 bits per heavy atom. The molecule has 1 fully saturated rings. The largest absolute Gasteiger partial charge is 0.448 e. The number of ether oxygens (including phenoxy) is 1. The maximum absolute atomic E-state index is 12.6. The molecule has 2 atom stereocenters. The molecule has 1 aliphatic rings. The van der Waals surface area contributed by atoms with Crippen LogP contribution in [-0.4, -0.2) is 60.4 Å². The lowest BCUT2D eigenvalue weighted by Gasteiger charge is -2.29. The van der Waals surface area contributed by atoms with Gasteiger partial charge in [0.25, 0.3) is 5.91 Å². The summed E-state index contributed by atoms with van der Waals surface area (Å²) in [6.07, 6.45) is -0.725. The molecule has 1 aromatic heterocycles. The van der Waals surface area contributed by atoms with Crippen molar-refractivity contribution in [2.24, 2.45) is 0 Å². The van der Waals surface area contributed by atoms with Crippen molar-refractivity contribution in [1.29, 1.82) is 0 Å². The van der Waals surface area contributed by atoms with Gasteiger partial charge in [0.1, 0.15) is 5.15 Å². The third-order valence-electron chi connectivity index (χ3n) is 3.91. The van der Waals surface area contributed by atoms with Crippen molar-refractivity contribution in [1.82, 2.24) is 9.88 Å². The van der Waals surface area contributed by atoms with Crippen molar-refractivity contribution in [2.45, 2.75) is 32.4 Å². The molecule has 10 heteroatoms. The molecule has 1 aliphatic heterocycles. The first-order valence-corrected chi connectivity index (χ1v) is 10.3. The molecule has 0 saturated carbocycles. The van der Waals surface area contributed by atoms with Crippen LogP contribution in [0.4, 0.5) is 0 Å². The number of nitrogens with zero attached hydrogens (tertiary/aromatic N) is 2. The van der Waals surface area contributed by atoms with Crippen LogP contribution >= 0.6 is 23.2 Å². The van der Waals surface area contributed by atoms with Crippen molar-refractivity contribution in [2.75, 3.05) is 18.1 Å². The van der Waals surface area contributed by atoms with Gasteiger partial charge < -0.3 is 9.64 Å². The molecule has 1 aromatic rings. The van der Waals surface area contributed by atoms with Gasteiger partial charge in [-0.3, -0.25) is 4.79 Å². The standard InChI is InChI=1S/C15H18Cl2N2O5S/c1-3-19(10-6-7-25(22,23)8-10)14(20)9(2)24-15(21)13-11(16)4-5-12(17)18-13/h4-5,9-10H,3,6-8H2,1-2H3. The average molecular weight is 409 g/mol. The monoisotopic (exact) mass is 408 g/mol. The Morgan fingerprint density at radius 1 is 1.40 bits per heavy atom. The van der Waals surface area contributed by atoms with Crippen molar-refractivity contribution >= 4 is 44.9 Å². The summed E-state index contributed by atoms with van der Waals surface area (Å²) in [5, 5.41) is 0.130. The molecule has 1 amide bonds. The third-order valence-corrected chi connectivity index (χ3v) is 6.18. The highest BCUT2D eigenvalue weighted by Crippen LogP contribution is 2.21. The van der Waals surface area contributed by atoms with Gasteiger partial charge in [0.05, 0.1) is 16.5 Å². The second kappa shape index (κ2) is 7.88. The van der Waals surface area contributed by atoms with E-state index in [1.165, 1.54) is 24.0 Å². The van der Waals surface area contributed by atoms with E-state index in [1.54, 1.807) is 6.92 Å². The fraction of sp³-hybridized carbons (Fsp3) is 0.533. The lowest BCUT2D eigenvalue weighted by Crippen LogP contribution is -2.46. The van der Waals surface area contributed by atoms with E-state index in [9.17, 15) is 18.0 Å². The van der Waals surface area contributed by atoms with Gasteiger partial charge in [-0.2, -0.15) is 0 Å². The second-order valence-corrected chi connectivity index (χ2v) is 8.72. The van der Waals surface area contributed by atoms with Crippen molar-refractivity contribution < 1.29 is 22.7 Å². The minimum Gasteiger partial charge on any atom is -0.448 e. The quantitative estimate of drug-likeness (QED) is 0.545. The molecule has 0 aliphatic carbocycles. The molecular formula is C15H18Cl2N2O5S. The van der Waals surface area contributed by atoms with Gasteiger partial charge in [0, 0.05) is 12.6 Å². The van der Waals surface area contributed by atoms with Crippen LogP contribution in [0.25, 0.3) is 0 Å². The van der Waals surface area contributed by atoms with Crippen LogP contribution < -0.4 is 0 Å². The summed E-state index contributed by atoms with van der Waals surface area (Å²) in [5.41, 5.74) is -0.180. The smallest absolute Gasteiger partial charge is 0.359 e. The number of hydrogen-bond donors (Lipinski definition) is 0. The number of hydrogen-bond acceptors (Lipinski definition) is 6. The van der Waals surface area contributed by atoms with E-state index in [1.807, 2.05) is 0 Å². The number of carbonyl (C=O) groups excluding carboxylic acids is 2. The Hall–Kier alpha value is -1.38. The Balaban J connectivity index is 2.08. The van der Waals surface area contributed by atoms with E-state index < -0.39 is 33.9 Å². The van der Waals surface area contributed by atoms with E-state index in [4.69, 9.17) is 27.9 Å². The summed E-state index contributed by atoms with van der Waals surface area (Å²) in [6, 6.07) is 2.42. The highest BCUT2D eigenvalue weighted by molar-refractivity contribution is 7.91. The zero-order valence-electron chi connectivity index (χ0n) is 13.7. The van der Waals surface area contributed by atoms with Gasteiger partial charge in [-0.15, -0.1) is 0 Å². The molecule has 138 valence electrons. The van der Waals surface area contributed by atoms with E-state index in [-0.39, 0.29) is 27.4 Å². The first-order chi connectivity index (χ1) is 11.6.